The molecule has 98 valence electrons. The molecule has 1 nitrogen and oxygen atoms in total. The van der Waals surface area contributed by atoms with Gasteiger partial charge in [0.15, 0.2) is 0 Å². The van der Waals surface area contributed by atoms with Crippen LogP contribution in [0.5, 0.6) is 0 Å². The summed E-state index contributed by atoms with van der Waals surface area (Å²) in [5.74, 6) is 0. The third kappa shape index (κ3) is 4.49. The molecule has 1 aromatic rings. The van der Waals surface area contributed by atoms with Crippen LogP contribution in [0, 0.1) is 6.92 Å². The van der Waals surface area contributed by atoms with Gasteiger partial charge in [0.1, 0.15) is 0 Å². The van der Waals surface area contributed by atoms with Gasteiger partial charge in [0.2, 0.25) is 0 Å². The Kier molecular flexibility index (Phi) is 7.45. The number of aryl methyl sites for hydroxylation is 1. The minimum absolute atomic E-state index is 0. The zero-order valence-corrected chi connectivity index (χ0v) is 13.8. The summed E-state index contributed by atoms with van der Waals surface area (Å²) in [7, 11) is 0.858. The van der Waals surface area contributed by atoms with Crippen molar-refractivity contribution in [3.8, 4) is 0 Å². The van der Waals surface area contributed by atoms with Gasteiger partial charge in [-0.25, -0.2) is 0 Å². The molecule has 0 aliphatic heterocycles. The van der Waals surface area contributed by atoms with Crippen molar-refractivity contribution in [3.05, 3.63) is 33.3 Å². The van der Waals surface area contributed by atoms with Crippen LogP contribution in [0.1, 0.15) is 48.0 Å². The minimum atomic E-state index is 0. The van der Waals surface area contributed by atoms with E-state index < -0.39 is 0 Å². The number of halogens is 2. The van der Waals surface area contributed by atoms with Crippen molar-refractivity contribution in [2.75, 3.05) is 0 Å². The van der Waals surface area contributed by atoms with Crippen LogP contribution in [0.25, 0.3) is 0 Å². The molecule has 1 aliphatic carbocycles. The van der Waals surface area contributed by atoms with Crippen LogP contribution < -0.4 is 18.9 Å². The smallest absolute Gasteiger partial charge is 0.456 e. The molecule has 0 unspecified atom stereocenters. The number of rotatable bonds is 3. The molecule has 0 bridgehead atoms. The maximum absolute atomic E-state index is 12.3. The molecule has 0 amide bonds. The Balaban J connectivity index is 0.00000180. The number of benzene rings is 1. The molecular weight excluding hydrogens is 293 g/mol. The monoisotopic (exact) mass is 308 g/mol. The Bertz CT molecular complexity index is 459. The summed E-state index contributed by atoms with van der Waals surface area (Å²) in [5.41, 5.74) is 1.97. The van der Waals surface area contributed by atoms with E-state index >= 15 is 0 Å². The number of carbonyl (C=O) groups is 1. The van der Waals surface area contributed by atoms with Crippen molar-refractivity contribution in [3.63, 3.8) is 0 Å². The second kappa shape index (κ2) is 8.07. The van der Waals surface area contributed by atoms with Gasteiger partial charge in [0.05, 0.1) is 10.0 Å². The van der Waals surface area contributed by atoms with E-state index in [1.165, 1.54) is 19.3 Å². The first-order chi connectivity index (χ1) is 8.59. The van der Waals surface area contributed by atoms with Crippen molar-refractivity contribution in [2.45, 2.75) is 44.7 Å². The Morgan fingerprint density at radius 2 is 1.84 bits per heavy atom. The summed E-state index contributed by atoms with van der Waals surface area (Å²) in [6, 6.07) is 3.60. The molecule has 2 rings (SSSR count). The van der Waals surface area contributed by atoms with Gasteiger partial charge in [-0.3, -0.25) is 0 Å². The maximum atomic E-state index is 12.3. The molecule has 5 heteroatoms. The normalized spacial score (nSPS) is 16.6. The van der Waals surface area contributed by atoms with E-state index in [0.717, 1.165) is 27.0 Å². The molecule has 0 saturated heterocycles. The van der Waals surface area contributed by atoms with E-state index in [1.807, 2.05) is 13.0 Å². The van der Waals surface area contributed by atoms with Gasteiger partial charge in [-0.15, -0.1) is 0 Å². The molecule has 1 aromatic carbocycles. The molecular formula is C14H16Cl2LiOP. The first kappa shape index (κ1) is 17.5. The second-order valence-electron chi connectivity index (χ2n) is 4.78. The van der Waals surface area contributed by atoms with Crippen LogP contribution >= 0.6 is 31.8 Å². The zero-order chi connectivity index (χ0) is 13.1. The van der Waals surface area contributed by atoms with E-state index in [9.17, 15) is 4.79 Å². The number of hydrogen-bond donors (Lipinski definition) is 0. The second-order valence-corrected chi connectivity index (χ2v) is 6.96. The standard InChI is InChI=1S/C14H16Cl2OP.Li/c1-9-7-8-11(15)12(13(9)16)14(17)18-10-5-3-2-4-6-10;/h7-8,10H,2-6H2,1H3;/q-1;+1. The van der Waals surface area contributed by atoms with Crippen LogP contribution in [0.4, 0.5) is 0 Å². The summed E-state index contributed by atoms with van der Waals surface area (Å²) < 4.78 is 0. The Morgan fingerprint density at radius 3 is 2.47 bits per heavy atom. The van der Waals surface area contributed by atoms with E-state index in [4.69, 9.17) is 23.2 Å². The van der Waals surface area contributed by atoms with Crippen LogP contribution in [-0.2, 0) is 0 Å². The van der Waals surface area contributed by atoms with Gasteiger partial charge in [0.25, 0.3) is 0 Å². The summed E-state index contributed by atoms with van der Waals surface area (Å²) in [6.07, 6.45) is 6.06. The summed E-state index contributed by atoms with van der Waals surface area (Å²) in [6.45, 7) is 1.90. The SMILES string of the molecule is Cc1ccc(Cl)c(C(=O)[P-]C2CCCCC2)c1Cl.[Li+]. The van der Waals surface area contributed by atoms with Gasteiger partial charge in [0, 0.05) is 11.1 Å². The van der Waals surface area contributed by atoms with Gasteiger partial charge in [-0.2, -0.15) is 5.66 Å². The van der Waals surface area contributed by atoms with Gasteiger partial charge in [-0.1, -0.05) is 61.4 Å². The third-order valence-electron chi connectivity index (χ3n) is 3.37. The van der Waals surface area contributed by atoms with E-state index in [2.05, 4.69) is 0 Å². The number of carbonyl (C=O) groups excluding carboxylic acids is 1. The molecule has 0 radical (unpaired) electrons. The molecule has 0 aromatic heterocycles. The molecule has 0 atom stereocenters. The maximum Gasteiger partial charge on any atom is 1.00 e. The average Bonchev–Trinajstić information content (AvgIpc) is 2.36. The summed E-state index contributed by atoms with van der Waals surface area (Å²) in [5, 5.41) is 0.981. The largest absolute Gasteiger partial charge is 1.00 e. The van der Waals surface area contributed by atoms with Crippen molar-refractivity contribution in [1.29, 1.82) is 0 Å². The van der Waals surface area contributed by atoms with Crippen molar-refractivity contribution >= 4 is 37.3 Å². The topological polar surface area (TPSA) is 17.1 Å². The molecule has 19 heavy (non-hydrogen) atoms. The predicted molar refractivity (Wildman–Crippen MR) is 79.3 cm³/mol. The first-order valence-corrected chi connectivity index (χ1v) is 8.01. The van der Waals surface area contributed by atoms with E-state index in [1.54, 1.807) is 6.07 Å². The zero-order valence-electron chi connectivity index (χ0n) is 11.4. The van der Waals surface area contributed by atoms with Crippen LogP contribution in [-0.4, -0.2) is 11.2 Å². The Hall–Kier alpha value is 0.497. The van der Waals surface area contributed by atoms with Gasteiger partial charge < -0.3 is 13.4 Å². The van der Waals surface area contributed by atoms with Crippen molar-refractivity contribution in [2.24, 2.45) is 0 Å². The molecule has 1 fully saturated rings. The van der Waals surface area contributed by atoms with Gasteiger partial charge in [-0.05, 0) is 18.6 Å². The third-order valence-corrected chi connectivity index (χ3v) is 5.51. The molecule has 0 N–H and O–H groups in total. The molecule has 0 spiro atoms. The quantitative estimate of drug-likeness (QED) is 0.620. The first-order valence-electron chi connectivity index (χ1n) is 6.29. The van der Waals surface area contributed by atoms with Gasteiger partial charge >= 0.3 is 18.9 Å². The fraction of sp³-hybridized carbons (Fsp3) is 0.500. The van der Waals surface area contributed by atoms with E-state index in [-0.39, 0.29) is 24.4 Å². The molecule has 1 saturated carbocycles. The molecule has 1 aliphatic rings. The minimum Gasteiger partial charge on any atom is -0.456 e. The van der Waals surface area contributed by atoms with Crippen molar-refractivity contribution < 1.29 is 23.7 Å². The van der Waals surface area contributed by atoms with Crippen LogP contribution in [0.3, 0.4) is 0 Å². The average molecular weight is 309 g/mol. The van der Waals surface area contributed by atoms with Crippen molar-refractivity contribution in [1.82, 2.24) is 0 Å². The fourth-order valence-electron chi connectivity index (χ4n) is 2.29. The Morgan fingerprint density at radius 1 is 1.21 bits per heavy atom. The predicted octanol–water partition coefficient (Wildman–Crippen LogP) is 2.72. The Labute approximate surface area is 138 Å². The van der Waals surface area contributed by atoms with Crippen LogP contribution in [0.2, 0.25) is 10.0 Å². The molecule has 0 heterocycles. The van der Waals surface area contributed by atoms with Crippen LogP contribution in [0.15, 0.2) is 12.1 Å². The number of hydrogen-bond acceptors (Lipinski definition) is 1. The summed E-state index contributed by atoms with van der Waals surface area (Å²) in [4.78, 5) is 12.3. The van der Waals surface area contributed by atoms with E-state index in [0.29, 0.717) is 21.3 Å². The fourth-order valence-corrected chi connectivity index (χ4v) is 4.28. The summed E-state index contributed by atoms with van der Waals surface area (Å²) >= 11 is 12.3.